The molecule has 0 aliphatic rings. The molecule has 0 amide bonds. The van der Waals surface area contributed by atoms with Crippen LogP contribution in [-0.2, 0) is 16.1 Å². The summed E-state index contributed by atoms with van der Waals surface area (Å²) < 4.78 is 36.5. The average Bonchev–Trinajstić information content (AvgIpc) is 3.00. The van der Waals surface area contributed by atoms with Crippen molar-refractivity contribution in [2.45, 2.75) is 20.5 Å². The minimum atomic E-state index is -1.23. The number of hydrogen-bond acceptors (Lipinski definition) is 8. The van der Waals surface area contributed by atoms with Crippen LogP contribution in [0, 0.1) is 18.6 Å². The molecule has 0 bridgehead atoms. The predicted molar refractivity (Wildman–Crippen MR) is 103 cm³/mol. The first-order chi connectivity index (χ1) is 13.7. The number of anilines is 1. The molecule has 2 heterocycles. The molecular weight excluding hydrogens is 428 g/mol. The zero-order valence-electron chi connectivity index (χ0n) is 15.2. The van der Waals surface area contributed by atoms with Crippen LogP contribution >= 0.6 is 22.9 Å². The first-order valence-electron chi connectivity index (χ1n) is 8.27. The summed E-state index contributed by atoms with van der Waals surface area (Å²) >= 11 is 6.83. The number of thiophene rings is 1. The third-order valence-electron chi connectivity index (χ3n) is 3.89. The molecule has 0 unspecified atom stereocenters. The predicted octanol–water partition coefficient (Wildman–Crippen LogP) is 4.05. The Morgan fingerprint density at radius 1 is 1.17 bits per heavy atom. The Balaban J connectivity index is 1.85. The topological polar surface area (TPSA) is 104 Å². The Hall–Kier alpha value is -2.85. The number of esters is 2. The van der Waals surface area contributed by atoms with Gasteiger partial charge in [-0.05, 0) is 31.5 Å². The minimum Gasteiger partial charge on any atom is -0.462 e. The van der Waals surface area contributed by atoms with E-state index in [-0.39, 0.29) is 35.4 Å². The maximum absolute atomic E-state index is 13.4. The van der Waals surface area contributed by atoms with E-state index in [1.165, 1.54) is 0 Å². The van der Waals surface area contributed by atoms with Crippen LogP contribution in [0.5, 0.6) is 0 Å². The Morgan fingerprint density at radius 3 is 2.55 bits per heavy atom. The summed E-state index contributed by atoms with van der Waals surface area (Å²) in [5, 5.41) is 0.217. The van der Waals surface area contributed by atoms with E-state index in [2.05, 4.69) is 9.97 Å². The van der Waals surface area contributed by atoms with Crippen LogP contribution in [0.25, 0.3) is 10.2 Å². The number of fused-ring (bicyclic) bond motifs is 1. The molecule has 0 saturated carbocycles. The van der Waals surface area contributed by atoms with Crippen molar-refractivity contribution >= 4 is 50.9 Å². The fraction of sp³-hybridized carbons (Fsp3) is 0.222. The van der Waals surface area contributed by atoms with Gasteiger partial charge in [-0.1, -0.05) is 11.6 Å². The Bertz CT molecular complexity index is 1140. The monoisotopic (exact) mass is 441 g/mol. The molecular formula is C18H14ClF2N3O4S. The molecule has 1 aromatic carbocycles. The third kappa shape index (κ3) is 4.13. The highest BCUT2D eigenvalue weighted by Gasteiger charge is 2.21. The van der Waals surface area contributed by atoms with Crippen molar-refractivity contribution in [1.29, 1.82) is 0 Å². The van der Waals surface area contributed by atoms with E-state index in [1.54, 1.807) is 13.8 Å². The zero-order chi connectivity index (χ0) is 21.3. The second kappa shape index (κ2) is 8.26. The number of rotatable bonds is 5. The molecule has 0 atom stereocenters. The summed E-state index contributed by atoms with van der Waals surface area (Å²) in [6.45, 7) is 3.23. The first kappa shape index (κ1) is 20.9. The maximum atomic E-state index is 13.4. The number of ether oxygens (including phenoxy) is 2. The van der Waals surface area contributed by atoms with Gasteiger partial charge in [0.15, 0.2) is 24.1 Å². The molecule has 11 heteroatoms. The highest BCUT2D eigenvalue weighted by atomic mass is 35.5. The molecule has 3 rings (SSSR count). The number of aromatic nitrogens is 2. The second-order valence-electron chi connectivity index (χ2n) is 5.80. The lowest BCUT2D eigenvalue weighted by atomic mass is 10.2. The number of nitrogens with zero attached hydrogens (tertiary/aromatic N) is 2. The van der Waals surface area contributed by atoms with Gasteiger partial charge in [-0.2, -0.15) is 0 Å². The van der Waals surface area contributed by atoms with E-state index >= 15 is 0 Å². The van der Waals surface area contributed by atoms with Gasteiger partial charge >= 0.3 is 11.9 Å². The average molecular weight is 442 g/mol. The van der Waals surface area contributed by atoms with Crippen LogP contribution in [0.2, 0.25) is 5.02 Å². The van der Waals surface area contributed by atoms with Crippen molar-refractivity contribution in [1.82, 2.24) is 9.97 Å². The quantitative estimate of drug-likeness (QED) is 0.470. The summed E-state index contributed by atoms with van der Waals surface area (Å²) in [6, 6.07) is 1.33. The second-order valence-corrected chi connectivity index (χ2v) is 7.21. The molecule has 0 saturated heterocycles. The van der Waals surface area contributed by atoms with Crippen LogP contribution in [0.15, 0.2) is 12.1 Å². The van der Waals surface area contributed by atoms with Gasteiger partial charge in [0, 0.05) is 0 Å². The normalized spacial score (nSPS) is 10.9. The zero-order valence-corrected chi connectivity index (χ0v) is 16.8. The molecule has 0 fully saturated rings. The van der Waals surface area contributed by atoms with Crippen LogP contribution in [0.4, 0.5) is 14.6 Å². The van der Waals surface area contributed by atoms with Gasteiger partial charge in [0.2, 0.25) is 0 Å². The van der Waals surface area contributed by atoms with Crippen LogP contribution in [-0.4, -0.2) is 28.5 Å². The van der Waals surface area contributed by atoms with Gasteiger partial charge in [0.1, 0.15) is 15.5 Å². The van der Waals surface area contributed by atoms with E-state index in [0.717, 1.165) is 11.3 Å². The lowest BCUT2D eigenvalue weighted by molar-refractivity contribution is 0.0461. The SMILES string of the molecule is CCOC(=O)c1sc2nc(COC(=O)c3cc(F)c(F)cc3Cl)nc(N)c2c1C. The van der Waals surface area contributed by atoms with Crippen LogP contribution in [0.1, 0.15) is 38.3 Å². The van der Waals surface area contributed by atoms with Gasteiger partial charge in [-0.25, -0.2) is 28.3 Å². The van der Waals surface area contributed by atoms with Crippen molar-refractivity contribution in [2.24, 2.45) is 0 Å². The highest BCUT2D eigenvalue weighted by Crippen LogP contribution is 2.33. The number of halogens is 3. The smallest absolute Gasteiger partial charge is 0.348 e. The van der Waals surface area contributed by atoms with Crippen molar-refractivity contribution in [3.8, 4) is 0 Å². The van der Waals surface area contributed by atoms with Gasteiger partial charge in [0.05, 0.1) is 22.6 Å². The third-order valence-corrected chi connectivity index (χ3v) is 5.37. The summed E-state index contributed by atoms with van der Waals surface area (Å²) in [5.74, 6) is -3.71. The molecule has 0 aliphatic carbocycles. The number of carbonyl (C=O) groups is 2. The van der Waals surface area contributed by atoms with E-state index in [9.17, 15) is 18.4 Å². The maximum Gasteiger partial charge on any atom is 0.348 e. The van der Waals surface area contributed by atoms with Crippen molar-refractivity contribution in [3.05, 3.63) is 50.6 Å². The number of nitrogen functional groups attached to an aromatic ring is 1. The largest absolute Gasteiger partial charge is 0.462 e. The van der Waals surface area contributed by atoms with Crippen molar-refractivity contribution in [2.75, 3.05) is 12.3 Å². The van der Waals surface area contributed by atoms with Crippen molar-refractivity contribution in [3.63, 3.8) is 0 Å². The Labute approximate surface area is 172 Å². The van der Waals surface area contributed by atoms with Gasteiger partial charge in [-0.3, -0.25) is 0 Å². The summed E-state index contributed by atoms with van der Waals surface area (Å²) in [6.07, 6.45) is 0. The van der Waals surface area contributed by atoms with Crippen molar-refractivity contribution < 1.29 is 27.8 Å². The summed E-state index contributed by atoms with van der Waals surface area (Å²) in [7, 11) is 0. The fourth-order valence-corrected chi connectivity index (χ4v) is 3.89. The van der Waals surface area contributed by atoms with Crippen LogP contribution in [0.3, 0.4) is 0 Å². The molecule has 152 valence electrons. The first-order valence-corrected chi connectivity index (χ1v) is 9.46. The standard InChI is InChI=1S/C18H14ClF2N3O4S/c1-3-27-18(26)14-7(2)13-15(22)23-12(24-16(13)29-14)6-28-17(25)8-4-10(20)11(21)5-9(8)19/h4-5H,3,6H2,1-2H3,(H2,22,23,24). The van der Waals surface area contributed by atoms with Gasteiger partial charge in [0.25, 0.3) is 0 Å². The molecule has 7 nitrogen and oxygen atoms in total. The molecule has 2 N–H and O–H groups in total. The van der Waals surface area contributed by atoms with Gasteiger partial charge in [-0.15, -0.1) is 11.3 Å². The molecule has 29 heavy (non-hydrogen) atoms. The fourth-order valence-electron chi connectivity index (χ4n) is 2.56. The van der Waals surface area contributed by atoms with E-state index < -0.39 is 23.6 Å². The number of aryl methyl sites for hydroxylation is 1. The van der Waals surface area contributed by atoms with E-state index in [4.69, 9.17) is 26.8 Å². The molecule has 3 aromatic rings. The lowest BCUT2D eigenvalue weighted by Gasteiger charge is -2.07. The lowest BCUT2D eigenvalue weighted by Crippen LogP contribution is -2.10. The van der Waals surface area contributed by atoms with Gasteiger partial charge < -0.3 is 15.2 Å². The molecule has 0 spiro atoms. The highest BCUT2D eigenvalue weighted by molar-refractivity contribution is 7.20. The number of nitrogens with two attached hydrogens (primary N) is 1. The van der Waals surface area contributed by atoms with E-state index in [1.807, 2.05) is 0 Å². The number of carbonyl (C=O) groups excluding carboxylic acids is 2. The Kier molecular flexibility index (Phi) is 5.94. The minimum absolute atomic E-state index is 0.0683. The van der Waals surface area contributed by atoms with Crippen LogP contribution < -0.4 is 5.73 Å². The number of hydrogen-bond donors (Lipinski definition) is 1. The number of benzene rings is 1. The molecule has 2 aromatic heterocycles. The summed E-state index contributed by atoms with van der Waals surface area (Å²) in [5.41, 5.74) is 6.23. The summed E-state index contributed by atoms with van der Waals surface area (Å²) in [4.78, 5) is 33.3. The Morgan fingerprint density at radius 2 is 1.86 bits per heavy atom. The molecule has 0 aliphatic heterocycles. The van der Waals surface area contributed by atoms with E-state index in [0.29, 0.717) is 32.8 Å². The molecule has 0 radical (unpaired) electrons.